The molecule has 25 heavy (non-hydrogen) atoms. The number of hydrogen-bond acceptors (Lipinski definition) is 4. The van der Waals surface area contributed by atoms with Gasteiger partial charge in [-0.15, -0.1) is 5.01 Å². The van der Waals surface area contributed by atoms with Crippen molar-refractivity contribution in [1.29, 1.82) is 0 Å². The van der Waals surface area contributed by atoms with E-state index >= 15 is 0 Å². The first-order chi connectivity index (χ1) is 11.9. The number of aryl methyl sites for hydroxylation is 1. The molecule has 6 nitrogen and oxygen atoms in total. The lowest BCUT2D eigenvalue weighted by Gasteiger charge is -2.21. The molecule has 1 heterocycles. The van der Waals surface area contributed by atoms with Gasteiger partial charge in [0.1, 0.15) is 11.3 Å². The Hall–Kier alpha value is -3.15. The van der Waals surface area contributed by atoms with Gasteiger partial charge in [0, 0.05) is 0 Å². The highest BCUT2D eigenvalue weighted by Crippen LogP contribution is 2.30. The van der Waals surface area contributed by atoms with Crippen molar-refractivity contribution in [1.82, 2.24) is 10.3 Å². The molecular weight excluding hydrogens is 318 g/mol. The maximum Gasteiger partial charge on any atom is 0.346 e. The van der Waals surface area contributed by atoms with E-state index in [0.29, 0.717) is 11.3 Å². The van der Waals surface area contributed by atoms with Gasteiger partial charge in [-0.3, -0.25) is 4.79 Å². The highest BCUT2D eigenvalue weighted by atomic mass is 16.5. The van der Waals surface area contributed by atoms with Crippen LogP contribution >= 0.6 is 0 Å². The number of methoxy groups -OCH3 is 1. The number of nitrogens with zero attached hydrogens (tertiary/aromatic N) is 2. The van der Waals surface area contributed by atoms with Gasteiger partial charge < -0.3 is 10.1 Å². The second-order valence-corrected chi connectivity index (χ2v) is 6.06. The van der Waals surface area contributed by atoms with E-state index < -0.39 is 17.5 Å². The Labute approximate surface area is 146 Å². The summed E-state index contributed by atoms with van der Waals surface area (Å²) in [5, 5.41) is 7.64. The smallest absolute Gasteiger partial charge is 0.346 e. The van der Waals surface area contributed by atoms with Crippen LogP contribution in [0, 0.1) is 6.92 Å². The Morgan fingerprint density at radius 2 is 1.72 bits per heavy atom. The second-order valence-electron chi connectivity index (χ2n) is 6.06. The minimum Gasteiger partial charge on any atom is -0.497 e. The first-order valence-corrected chi connectivity index (χ1v) is 7.86. The van der Waals surface area contributed by atoms with E-state index in [9.17, 15) is 9.59 Å². The lowest BCUT2D eigenvalue weighted by Crippen LogP contribution is -2.40. The zero-order chi connectivity index (χ0) is 18.0. The number of urea groups is 1. The van der Waals surface area contributed by atoms with E-state index in [1.165, 1.54) is 6.21 Å². The molecule has 0 radical (unpaired) electrons. The first kappa shape index (κ1) is 16.7. The SMILES string of the molecule is COc1ccc([C@]2(C)NC(=O)N(/N=C\c3ccc(C)cc3)C2=O)cc1. The summed E-state index contributed by atoms with van der Waals surface area (Å²) in [4.78, 5) is 25.0. The third-order valence-electron chi connectivity index (χ3n) is 4.24. The Morgan fingerprint density at radius 1 is 1.08 bits per heavy atom. The number of rotatable bonds is 4. The summed E-state index contributed by atoms with van der Waals surface area (Å²) in [5.74, 6) is 0.254. The topological polar surface area (TPSA) is 71.0 Å². The van der Waals surface area contributed by atoms with Crippen LogP contribution in [0.1, 0.15) is 23.6 Å². The number of hydrogen-bond donors (Lipinski definition) is 1. The first-order valence-electron chi connectivity index (χ1n) is 7.86. The summed E-state index contributed by atoms with van der Waals surface area (Å²) in [6.07, 6.45) is 1.50. The molecule has 0 bridgehead atoms. The molecule has 1 atom stereocenters. The molecule has 0 aromatic heterocycles. The van der Waals surface area contributed by atoms with Crippen LogP contribution in [0.5, 0.6) is 5.75 Å². The van der Waals surface area contributed by atoms with Crippen LogP contribution < -0.4 is 10.1 Å². The molecule has 3 rings (SSSR count). The Morgan fingerprint density at radius 3 is 2.32 bits per heavy atom. The van der Waals surface area contributed by atoms with Crippen molar-refractivity contribution in [3.63, 3.8) is 0 Å². The van der Waals surface area contributed by atoms with Crippen molar-refractivity contribution >= 4 is 18.2 Å². The van der Waals surface area contributed by atoms with Gasteiger partial charge in [-0.25, -0.2) is 4.79 Å². The molecular formula is C19H19N3O3. The molecule has 0 unspecified atom stereocenters. The standard InChI is InChI=1S/C19H19N3O3/c1-13-4-6-14(7-5-13)12-20-22-17(23)19(2,21-18(22)24)15-8-10-16(25-3)11-9-15/h4-12H,1-3H3,(H,21,24)/b20-12-/t19-/m0/s1. The molecule has 1 saturated heterocycles. The molecule has 3 amide bonds. The number of hydrazone groups is 1. The molecule has 2 aromatic rings. The summed E-state index contributed by atoms with van der Waals surface area (Å²) in [7, 11) is 1.57. The molecule has 1 aliphatic rings. The van der Waals surface area contributed by atoms with Crippen LogP contribution in [0.3, 0.4) is 0 Å². The molecule has 1 aliphatic heterocycles. The minimum atomic E-state index is -1.16. The van der Waals surface area contributed by atoms with Crippen LogP contribution in [0.25, 0.3) is 0 Å². The maximum atomic E-state index is 12.8. The minimum absolute atomic E-state index is 0.425. The highest BCUT2D eigenvalue weighted by molar-refractivity contribution is 6.07. The summed E-state index contributed by atoms with van der Waals surface area (Å²) in [6, 6.07) is 14.1. The highest BCUT2D eigenvalue weighted by Gasteiger charge is 2.49. The molecule has 0 spiro atoms. The van der Waals surface area contributed by atoms with Crippen molar-refractivity contribution in [2.45, 2.75) is 19.4 Å². The summed E-state index contributed by atoms with van der Waals surface area (Å²) in [6.45, 7) is 3.65. The molecule has 0 saturated carbocycles. The van der Waals surface area contributed by atoms with Crippen LogP contribution in [-0.2, 0) is 10.3 Å². The van der Waals surface area contributed by atoms with Crippen molar-refractivity contribution in [3.05, 3.63) is 65.2 Å². The number of nitrogens with one attached hydrogen (secondary N) is 1. The Balaban J connectivity index is 1.84. The van der Waals surface area contributed by atoms with Crippen molar-refractivity contribution in [2.24, 2.45) is 5.10 Å². The lowest BCUT2D eigenvalue weighted by molar-refractivity contribution is -0.131. The zero-order valence-corrected chi connectivity index (χ0v) is 14.3. The van der Waals surface area contributed by atoms with Gasteiger partial charge in [0.05, 0.1) is 13.3 Å². The van der Waals surface area contributed by atoms with E-state index in [1.54, 1.807) is 38.3 Å². The number of carbonyl (C=O) groups excluding carboxylic acids is 2. The predicted octanol–water partition coefficient (Wildman–Crippen LogP) is 2.80. The van der Waals surface area contributed by atoms with Crippen molar-refractivity contribution in [3.8, 4) is 5.75 Å². The fraction of sp³-hybridized carbons (Fsp3) is 0.211. The van der Waals surface area contributed by atoms with Crippen LogP contribution in [0.2, 0.25) is 0 Å². The number of carbonyl (C=O) groups is 2. The number of ether oxygens (including phenoxy) is 1. The van der Waals surface area contributed by atoms with Crippen molar-refractivity contribution in [2.75, 3.05) is 7.11 Å². The van der Waals surface area contributed by atoms with Gasteiger partial charge in [0.15, 0.2) is 0 Å². The quantitative estimate of drug-likeness (QED) is 0.689. The lowest BCUT2D eigenvalue weighted by atomic mass is 9.92. The monoisotopic (exact) mass is 337 g/mol. The fourth-order valence-electron chi connectivity index (χ4n) is 2.63. The van der Waals surface area contributed by atoms with Gasteiger partial charge in [0.2, 0.25) is 0 Å². The molecule has 128 valence electrons. The third kappa shape index (κ3) is 3.10. The molecule has 0 aliphatic carbocycles. The third-order valence-corrected chi connectivity index (χ3v) is 4.24. The van der Waals surface area contributed by atoms with Gasteiger partial charge in [-0.05, 0) is 37.1 Å². The molecule has 1 N–H and O–H groups in total. The van der Waals surface area contributed by atoms with Crippen LogP contribution in [-0.4, -0.2) is 30.3 Å². The van der Waals surface area contributed by atoms with E-state index in [1.807, 2.05) is 31.2 Å². The number of imide groups is 1. The molecule has 2 aromatic carbocycles. The summed E-state index contributed by atoms with van der Waals surface area (Å²) < 4.78 is 5.12. The average molecular weight is 337 g/mol. The maximum absolute atomic E-state index is 12.8. The normalized spacial score (nSPS) is 20.2. The summed E-state index contributed by atoms with van der Waals surface area (Å²) >= 11 is 0. The molecule has 6 heteroatoms. The fourth-order valence-corrected chi connectivity index (χ4v) is 2.63. The van der Waals surface area contributed by atoms with E-state index in [2.05, 4.69) is 10.4 Å². The van der Waals surface area contributed by atoms with Gasteiger partial charge in [0.25, 0.3) is 5.91 Å². The Bertz CT molecular complexity index is 828. The van der Waals surface area contributed by atoms with E-state index in [4.69, 9.17) is 4.74 Å². The van der Waals surface area contributed by atoms with Crippen molar-refractivity contribution < 1.29 is 14.3 Å². The van der Waals surface area contributed by atoms with Gasteiger partial charge in [-0.2, -0.15) is 5.10 Å². The second kappa shape index (κ2) is 6.39. The van der Waals surface area contributed by atoms with Gasteiger partial charge >= 0.3 is 6.03 Å². The van der Waals surface area contributed by atoms with E-state index in [0.717, 1.165) is 16.1 Å². The number of benzene rings is 2. The molecule has 1 fully saturated rings. The Kier molecular flexibility index (Phi) is 4.27. The summed E-state index contributed by atoms with van der Waals surface area (Å²) in [5.41, 5.74) is 1.44. The number of amides is 3. The van der Waals surface area contributed by atoms with Gasteiger partial charge in [-0.1, -0.05) is 42.0 Å². The van der Waals surface area contributed by atoms with Crippen LogP contribution in [0.4, 0.5) is 4.79 Å². The van der Waals surface area contributed by atoms with Crippen LogP contribution in [0.15, 0.2) is 53.6 Å². The predicted molar refractivity (Wildman–Crippen MR) is 94.5 cm³/mol. The van der Waals surface area contributed by atoms with E-state index in [-0.39, 0.29) is 0 Å². The average Bonchev–Trinajstić information content (AvgIpc) is 2.84. The largest absolute Gasteiger partial charge is 0.497 e. The zero-order valence-electron chi connectivity index (χ0n) is 14.3.